The fourth-order valence-corrected chi connectivity index (χ4v) is 4.77. The van der Waals surface area contributed by atoms with Crippen LogP contribution in [0.4, 0.5) is 17.1 Å². The summed E-state index contributed by atoms with van der Waals surface area (Å²) in [5.41, 5.74) is 6.60. The van der Waals surface area contributed by atoms with Gasteiger partial charge in [-0.1, -0.05) is 18.2 Å². The zero-order valence-electron chi connectivity index (χ0n) is 19.1. The molecule has 0 atom stereocenters. The van der Waals surface area contributed by atoms with Crippen LogP contribution in [0, 0.1) is 0 Å². The topological polar surface area (TPSA) is 78.5 Å². The highest BCUT2D eigenvalue weighted by molar-refractivity contribution is 5.97. The van der Waals surface area contributed by atoms with E-state index >= 15 is 0 Å². The normalized spacial score (nSPS) is 16.9. The van der Waals surface area contributed by atoms with Crippen molar-refractivity contribution in [1.82, 2.24) is 5.32 Å². The molecule has 2 aliphatic rings. The van der Waals surface area contributed by atoms with Gasteiger partial charge in [0.15, 0.2) is 5.69 Å². The van der Waals surface area contributed by atoms with Gasteiger partial charge in [-0.2, -0.15) is 5.48 Å². The van der Waals surface area contributed by atoms with E-state index in [2.05, 4.69) is 22.3 Å². The number of rotatable bonds is 6. The number of nitrogens with zero attached hydrogens (tertiary/aromatic N) is 2. The van der Waals surface area contributed by atoms with Crippen LogP contribution in [0.15, 0.2) is 42.5 Å². The maximum absolute atomic E-state index is 12.8. The first kappa shape index (κ1) is 22.3. The Morgan fingerprint density at radius 3 is 2.56 bits per heavy atom. The SMILES string of the molecule is CO[NH2+]c1cc(C(=O)NC(C)C)ccc1N1CCC(N2C(=O)CCc3ccccc32)CC1. The molecule has 2 aromatic carbocycles. The zero-order chi connectivity index (χ0) is 22.7. The van der Waals surface area contributed by atoms with E-state index in [1.807, 2.05) is 49.1 Å². The van der Waals surface area contributed by atoms with Crippen LogP contribution in [-0.2, 0) is 16.1 Å². The molecule has 0 spiro atoms. The molecule has 0 bridgehead atoms. The minimum atomic E-state index is -0.0849. The second-order valence-corrected chi connectivity index (χ2v) is 8.87. The number of carbonyl (C=O) groups is 2. The van der Waals surface area contributed by atoms with E-state index in [-0.39, 0.29) is 23.9 Å². The Labute approximate surface area is 189 Å². The average Bonchev–Trinajstić information content (AvgIpc) is 2.79. The van der Waals surface area contributed by atoms with Crippen molar-refractivity contribution < 1.29 is 19.9 Å². The van der Waals surface area contributed by atoms with Crippen molar-refractivity contribution in [2.24, 2.45) is 0 Å². The van der Waals surface area contributed by atoms with Crippen molar-refractivity contribution in [1.29, 1.82) is 0 Å². The van der Waals surface area contributed by atoms with Gasteiger partial charge in [0.05, 0.1) is 7.11 Å². The van der Waals surface area contributed by atoms with Gasteiger partial charge in [-0.3, -0.25) is 9.59 Å². The van der Waals surface area contributed by atoms with E-state index in [1.54, 1.807) is 12.6 Å². The maximum atomic E-state index is 12.8. The highest BCUT2D eigenvalue weighted by Crippen LogP contribution is 2.34. The smallest absolute Gasteiger partial charge is 0.251 e. The van der Waals surface area contributed by atoms with Gasteiger partial charge in [0.2, 0.25) is 5.91 Å². The lowest BCUT2D eigenvalue weighted by Gasteiger charge is -2.41. The van der Waals surface area contributed by atoms with Crippen molar-refractivity contribution in [3.8, 4) is 0 Å². The highest BCUT2D eigenvalue weighted by atomic mass is 16.6. The van der Waals surface area contributed by atoms with Gasteiger partial charge < -0.3 is 15.1 Å². The van der Waals surface area contributed by atoms with Crippen LogP contribution in [0.25, 0.3) is 0 Å². The molecule has 1 fully saturated rings. The number of amides is 2. The lowest BCUT2D eigenvalue weighted by Crippen LogP contribution is -2.76. The van der Waals surface area contributed by atoms with Gasteiger partial charge in [-0.25, -0.2) is 4.84 Å². The number of carbonyl (C=O) groups excluding carboxylic acids is 2. The van der Waals surface area contributed by atoms with Crippen molar-refractivity contribution in [3.63, 3.8) is 0 Å². The molecule has 170 valence electrons. The number of nitrogens with two attached hydrogens (primary N) is 1. The standard InChI is InChI=1S/C25H32N4O3/c1-17(2)26-25(31)19-8-10-23(21(16-19)27-32-3)28-14-12-20(13-15-28)29-22-7-5-4-6-18(22)9-11-24(29)30/h4-8,10,16-17,20,27H,9,11-15H2,1-3H3,(H,26,31)/p+1. The molecule has 7 nitrogen and oxygen atoms in total. The highest BCUT2D eigenvalue weighted by Gasteiger charge is 2.33. The number of quaternary nitrogens is 1. The lowest BCUT2D eigenvalue weighted by molar-refractivity contribution is -0.829. The molecule has 0 unspecified atom stereocenters. The summed E-state index contributed by atoms with van der Waals surface area (Å²) >= 11 is 0. The second-order valence-electron chi connectivity index (χ2n) is 8.87. The summed E-state index contributed by atoms with van der Waals surface area (Å²) < 4.78 is 0. The molecule has 0 radical (unpaired) electrons. The molecule has 7 heteroatoms. The molecular formula is C25H33N4O3+. The minimum absolute atomic E-state index is 0.0821. The van der Waals surface area contributed by atoms with Crippen molar-refractivity contribution in [2.45, 2.75) is 51.6 Å². The zero-order valence-corrected chi connectivity index (χ0v) is 19.1. The van der Waals surface area contributed by atoms with Crippen LogP contribution in [-0.4, -0.2) is 44.1 Å². The fourth-order valence-electron chi connectivity index (χ4n) is 4.77. The van der Waals surface area contributed by atoms with Crippen LogP contribution in [0.3, 0.4) is 0 Å². The summed E-state index contributed by atoms with van der Waals surface area (Å²) in [6, 6.07) is 14.3. The predicted octanol–water partition coefficient (Wildman–Crippen LogP) is 2.53. The molecule has 2 aromatic rings. The number of aryl methyl sites for hydroxylation is 1. The molecule has 2 heterocycles. The summed E-state index contributed by atoms with van der Waals surface area (Å²) in [5, 5.41) is 2.94. The molecule has 0 saturated carbocycles. The van der Waals surface area contributed by atoms with Crippen LogP contribution >= 0.6 is 0 Å². The van der Waals surface area contributed by atoms with Crippen molar-refractivity contribution >= 4 is 28.9 Å². The Kier molecular flexibility index (Phi) is 6.77. The Hall–Kier alpha value is -2.90. The number of nitrogens with one attached hydrogen (secondary N) is 1. The molecule has 0 aliphatic carbocycles. The molecular weight excluding hydrogens is 404 g/mol. The molecule has 32 heavy (non-hydrogen) atoms. The van der Waals surface area contributed by atoms with Crippen molar-refractivity contribution in [2.75, 3.05) is 30.0 Å². The quantitative estimate of drug-likeness (QED) is 0.538. The van der Waals surface area contributed by atoms with Gasteiger partial charge in [0.25, 0.3) is 5.91 Å². The van der Waals surface area contributed by atoms with Crippen LogP contribution in [0.5, 0.6) is 0 Å². The van der Waals surface area contributed by atoms with Gasteiger partial charge in [-0.15, -0.1) is 0 Å². The number of hydrogen-bond donors (Lipinski definition) is 2. The number of piperidine rings is 1. The predicted molar refractivity (Wildman–Crippen MR) is 125 cm³/mol. The van der Waals surface area contributed by atoms with Gasteiger partial charge in [0, 0.05) is 48.9 Å². The number of hydrogen-bond acceptors (Lipinski definition) is 4. The van der Waals surface area contributed by atoms with Gasteiger partial charge >= 0.3 is 0 Å². The van der Waals surface area contributed by atoms with E-state index in [4.69, 9.17) is 4.84 Å². The average molecular weight is 438 g/mol. The number of benzene rings is 2. The molecule has 4 rings (SSSR count). The lowest BCUT2D eigenvalue weighted by atomic mass is 9.95. The minimum Gasteiger partial charge on any atom is -0.366 e. The summed E-state index contributed by atoms with van der Waals surface area (Å²) in [7, 11) is 1.62. The van der Waals surface area contributed by atoms with Crippen LogP contribution in [0.1, 0.15) is 49.0 Å². The Morgan fingerprint density at radius 1 is 1.09 bits per heavy atom. The molecule has 1 saturated heterocycles. The van der Waals surface area contributed by atoms with Crippen LogP contribution in [0.2, 0.25) is 0 Å². The summed E-state index contributed by atoms with van der Waals surface area (Å²) in [6.45, 7) is 5.59. The van der Waals surface area contributed by atoms with E-state index < -0.39 is 0 Å². The monoisotopic (exact) mass is 437 g/mol. The maximum Gasteiger partial charge on any atom is 0.251 e. The first-order valence-electron chi connectivity index (χ1n) is 11.4. The number of anilines is 2. The summed E-state index contributed by atoms with van der Waals surface area (Å²) in [4.78, 5) is 34.9. The first-order valence-corrected chi connectivity index (χ1v) is 11.4. The summed E-state index contributed by atoms with van der Waals surface area (Å²) in [5.74, 6) is 0.148. The van der Waals surface area contributed by atoms with E-state index in [0.717, 1.165) is 49.4 Å². The Morgan fingerprint density at radius 2 is 1.84 bits per heavy atom. The fraction of sp³-hybridized carbons (Fsp3) is 0.440. The van der Waals surface area contributed by atoms with E-state index in [0.29, 0.717) is 12.0 Å². The molecule has 3 N–H and O–H groups in total. The molecule has 2 aliphatic heterocycles. The summed E-state index contributed by atoms with van der Waals surface area (Å²) in [6.07, 6.45) is 3.23. The Bertz CT molecular complexity index is 983. The molecule has 0 aromatic heterocycles. The number of fused-ring (bicyclic) bond motifs is 1. The van der Waals surface area contributed by atoms with E-state index in [9.17, 15) is 9.59 Å². The largest absolute Gasteiger partial charge is 0.366 e. The first-order chi connectivity index (χ1) is 15.5. The van der Waals surface area contributed by atoms with Gasteiger partial charge in [0.1, 0.15) is 5.69 Å². The number of para-hydroxylation sites is 1. The second kappa shape index (κ2) is 9.71. The van der Waals surface area contributed by atoms with Crippen molar-refractivity contribution in [3.05, 3.63) is 53.6 Å². The van der Waals surface area contributed by atoms with Gasteiger partial charge in [-0.05, 0) is 56.9 Å². The molecule has 2 amide bonds. The van der Waals surface area contributed by atoms with Crippen LogP contribution < -0.4 is 20.6 Å². The van der Waals surface area contributed by atoms with E-state index in [1.165, 1.54) is 5.56 Å². The third-order valence-corrected chi connectivity index (χ3v) is 6.25. The Balaban J connectivity index is 1.49. The third-order valence-electron chi connectivity index (χ3n) is 6.25. The third kappa shape index (κ3) is 4.64.